The van der Waals surface area contributed by atoms with Crippen LogP contribution in [0, 0.1) is 0 Å². The molecular weight excluding hydrogens is 306 g/mol. The lowest BCUT2D eigenvalue weighted by Gasteiger charge is -2.28. The molecule has 0 aliphatic heterocycles. The van der Waals surface area contributed by atoms with E-state index in [1.54, 1.807) is 0 Å². The third kappa shape index (κ3) is 11.0. The molecule has 0 aliphatic rings. The van der Waals surface area contributed by atoms with E-state index in [4.69, 9.17) is 30.6 Å². The van der Waals surface area contributed by atoms with Crippen LogP contribution in [0.1, 0.15) is 13.3 Å². The molecule has 4 atom stereocenters. The summed E-state index contributed by atoms with van der Waals surface area (Å²) in [6.45, 7) is 0.293. The minimum Gasteiger partial charge on any atom is -1.00 e. The summed E-state index contributed by atoms with van der Waals surface area (Å²) in [5.74, 6) is -1.00. The second-order valence-corrected chi connectivity index (χ2v) is 5.31. The van der Waals surface area contributed by atoms with E-state index in [1.807, 2.05) is 28.1 Å². The maximum absolute atomic E-state index is 10.5. The number of carbonyl (C=O) groups is 1. The second kappa shape index (κ2) is 12.2. The first-order valence-electron chi connectivity index (χ1n) is 6.30. The van der Waals surface area contributed by atoms with Gasteiger partial charge < -0.3 is 47.5 Å². The lowest BCUT2D eigenvalue weighted by Crippen LogP contribution is -3.00. The van der Waals surface area contributed by atoms with Crippen LogP contribution >= 0.6 is 0 Å². The molecule has 0 amide bonds. The van der Waals surface area contributed by atoms with Crippen LogP contribution in [0.2, 0.25) is 0 Å². The van der Waals surface area contributed by atoms with Crippen molar-refractivity contribution in [1.82, 2.24) is 0 Å². The number of hydrogen-bond acceptors (Lipinski definition) is 7. The van der Waals surface area contributed by atoms with E-state index < -0.39 is 37.3 Å². The third-order valence-electron chi connectivity index (χ3n) is 2.65. The number of aliphatic hydroxyl groups excluding tert-OH is 6. The van der Waals surface area contributed by atoms with Gasteiger partial charge in [0.05, 0.1) is 27.7 Å². The molecule has 0 aromatic heterocycles. The van der Waals surface area contributed by atoms with Crippen LogP contribution in [0.15, 0.2) is 0 Å². The Hall–Kier alpha value is -0.320. The minimum absolute atomic E-state index is 0. The van der Waals surface area contributed by atoms with Crippen molar-refractivity contribution in [1.29, 1.82) is 0 Å². The molecule has 21 heavy (non-hydrogen) atoms. The van der Waals surface area contributed by atoms with Crippen molar-refractivity contribution >= 4 is 5.78 Å². The van der Waals surface area contributed by atoms with Crippen molar-refractivity contribution in [2.24, 2.45) is 0 Å². The van der Waals surface area contributed by atoms with Gasteiger partial charge in [-0.3, -0.25) is 4.79 Å². The molecule has 6 N–H and O–H groups in total. The summed E-state index contributed by atoms with van der Waals surface area (Å²) < 4.78 is 0.635. The van der Waals surface area contributed by atoms with Gasteiger partial charge in [0, 0.05) is 6.42 Å². The molecule has 0 radical (unpaired) electrons. The summed E-state index contributed by atoms with van der Waals surface area (Å²) in [6, 6.07) is 0. The predicted molar refractivity (Wildman–Crippen MR) is 71.5 cm³/mol. The highest BCUT2D eigenvalue weighted by atomic mass is 35.5. The molecule has 0 spiro atoms. The fourth-order valence-corrected chi connectivity index (χ4v) is 1.15. The summed E-state index contributed by atoms with van der Waals surface area (Å²) in [5, 5.41) is 52.2. The molecule has 0 saturated carbocycles. The molecule has 9 heteroatoms. The lowest BCUT2D eigenvalue weighted by atomic mass is 10.1. The van der Waals surface area contributed by atoms with Crippen LogP contribution in [0.5, 0.6) is 0 Å². The number of Topliss-reactive ketones (excluding diaryl/α,β-unsaturated/α-hetero) is 1. The highest BCUT2D eigenvalue weighted by molar-refractivity contribution is 5.84. The van der Waals surface area contributed by atoms with E-state index in [0.717, 1.165) is 6.42 Å². The van der Waals surface area contributed by atoms with Gasteiger partial charge in [-0.2, -0.15) is 0 Å². The standard InChI is InChI=1S/C6H16NO.C6H12O6.ClH/c1-5-6(8)7(2,3)4;7-1-3(9)5(11)6(12)4(10)2-8;/h6,8H,5H2,1-4H3;3,5-9,11-12H,1-2H2;1H/q+1;;/p-1/t;3-,5+,6+;/m.1./s1. The molecule has 0 aromatic rings. The van der Waals surface area contributed by atoms with Gasteiger partial charge in [-0.05, 0) is 0 Å². The Morgan fingerprint density at radius 1 is 1.05 bits per heavy atom. The van der Waals surface area contributed by atoms with Crippen LogP contribution in [0.4, 0.5) is 0 Å². The van der Waals surface area contributed by atoms with Crippen LogP contribution < -0.4 is 12.4 Å². The Bertz CT molecular complexity index is 273. The van der Waals surface area contributed by atoms with Crippen LogP contribution in [0.3, 0.4) is 0 Å². The van der Waals surface area contributed by atoms with E-state index in [2.05, 4.69) is 0 Å². The summed E-state index contributed by atoms with van der Waals surface area (Å²) in [7, 11) is 5.94. The molecule has 0 aromatic carbocycles. The van der Waals surface area contributed by atoms with Crippen molar-refractivity contribution in [3.8, 4) is 0 Å². The molecule has 1 unspecified atom stereocenters. The van der Waals surface area contributed by atoms with Crippen molar-refractivity contribution < 1.29 is 52.3 Å². The zero-order valence-electron chi connectivity index (χ0n) is 12.8. The smallest absolute Gasteiger partial charge is 0.189 e. The van der Waals surface area contributed by atoms with E-state index in [0.29, 0.717) is 4.48 Å². The number of quaternary nitrogens is 1. The maximum Gasteiger partial charge on any atom is 0.189 e. The third-order valence-corrected chi connectivity index (χ3v) is 2.65. The molecular formula is C12H28ClNO7. The molecule has 0 bridgehead atoms. The Morgan fingerprint density at radius 3 is 1.67 bits per heavy atom. The van der Waals surface area contributed by atoms with Crippen molar-refractivity contribution in [2.45, 2.75) is 37.9 Å². The fraction of sp³-hybridized carbons (Fsp3) is 0.917. The van der Waals surface area contributed by atoms with Crippen LogP contribution in [-0.4, -0.2) is 99.8 Å². The van der Waals surface area contributed by atoms with Gasteiger partial charge in [-0.15, -0.1) is 0 Å². The van der Waals surface area contributed by atoms with E-state index in [9.17, 15) is 4.79 Å². The predicted octanol–water partition coefficient (Wildman–Crippen LogP) is -5.95. The highest BCUT2D eigenvalue weighted by Crippen LogP contribution is 2.01. The topological polar surface area (TPSA) is 138 Å². The average molecular weight is 334 g/mol. The van der Waals surface area contributed by atoms with Gasteiger partial charge in [0.2, 0.25) is 0 Å². The number of rotatable bonds is 7. The maximum atomic E-state index is 10.5. The van der Waals surface area contributed by atoms with Crippen molar-refractivity contribution in [3.63, 3.8) is 0 Å². The number of aliphatic hydroxyl groups is 6. The van der Waals surface area contributed by atoms with E-state index in [1.165, 1.54) is 0 Å². The highest BCUT2D eigenvalue weighted by Gasteiger charge is 2.28. The summed E-state index contributed by atoms with van der Waals surface area (Å²) in [5.41, 5.74) is 0. The van der Waals surface area contributed by atoms with E-state index in [-0.39, 0.29) is 18.6 Å². The first-order valence-corrected chi connectivity index (χ1v) is 6.30. The molecule has 0 saturated heterocycles. The Morgan fingerprint density at radius 2 is 1.48 bits per heavy atom. The summed E-state index contributed by atoms with van der Waals surface area (Å²) in [6.07, 6.45) is -4.61. The Kier molecular flexibility index (Phi) is 14.9. The minimum atomic E-state index is -1.86. The first-order chi connectivity index (χ1) is 9.02. The van der Waals surface area contributed by atoms with Gasteiger partial charge in [-0.25, -0.2) is 0 Å². The molecule has 8 nitrogen and oxygen atoms in total. The Balaban J connectivity index is -0.000000317. The van der Waals surface area contributed by atoms with Crippen molar-refractivity contribution in [3.05, 3.63) is 0 Å². The molecule has 130 valence electrons. The summed E-state index contributed by atoms with van der Waals surface area (Å²) >= 11 is 0. The fourth-order valence-electron chi connectivity index (χ4n) is 1.15. The lowest BCUT2D eigenvalue weighted by molar-refractivity contribution is -0.918. The molecule has 0 rings (SSSR count). The first kappa shape index (κ1) is 25.6. The zero-order valence-corrected chi connectivity index (χ0v) is 13.6. The van der Waals surface area contributed by atoms with Crippen LogP contribution in [0.25, 0.3) is 0 Å². The van der Waals surface area contributed by atoms with Gasteiger partial charge >= 0.3 is 0 Å². The van der Waals surface area contributed by atoms with Gasteiger partial charge in [0.1, 0.15) is 24.9 Å². The Labute approximate surface area is 131 Å². The number of carbonyl (C=O) groups excluding carboxylic acids is 1. The largest absolute Gasteiger partial charge is 1.00 e. The van der Waals surface area contributed by atoms with Gasteiger partial charge in [0.25, 0.3) is 0 Å². The molecule has 0 fully saturated rings. The van der Waals surface area contributed by atoms with Crippen LogP contribution in [-0.2, 0) is 4.79 Å². The number of halogens is 1. The number of ketones is 1. The zero-order chi connectivity index (χ0) is 16.5. The van der Waals surface area contributed by atoms with E-state index >= 15 is 0 Å². The monoisotopic (exact) mass is 333 g/mol. The number of hydrogen-bond donors (Lipinski definition) is 6. The van der Waals surface area contributed by atoms with Crippen molar-refractivity contribution in [2.75, 3.05) is 34.4 Å². The average Bonchev–Trinajstić information content (AvgIpc) is 2.42. The summed E-state index contributed by atoms with van der Waals surface area (Å²) in [4.78, 5) is 10.5. The quantitative estimate of drug-likeness (QED) is 0.201. The normalized spacial score (nSPS) is 16.7. The van der Waals surface area contributed by atoms with Gasteiger partial charge in [-0.1, -0.05) is 6.92 Å². The molecule has 0 heterocycles. The SMILES string of the molecule is CCC(O)[N+](C)(C)C.O=C(CO)[C@H](O)[C@@H](O)[C@H](O)CO.[Cl-]. The van der Waals surface area contributed by atoms with Gasteiger partial charge in [0.15, 0.2) is 12.0 Å². The molecule has 0 aliphatic carbocycles. The second-order valence-electron chi connectivity index (χ2n) is 5.31. The number of nitrogens with zero attached hydrogens (tertiary/aromatic N) is 1.